The molecule has 0 bridgehead atoms. The van der Waals surface area contributed by atoms with Crippen LogP contribution in [0.3, 0.4) is 0 Å². The van der Waals surface area contributed by atoms with Crippen molar-refractivity contribution in [2.45, 2.75) is 6.42 Å². The van der Waals surface area contributed by atoms with E-state index in [1.165, 1.54) is 0 Å². The Morgan fingerprint density at radius 1 is 1.19 bits per heavy atom. The fourth-order valence-electron chi connectivity index (χ4n) is 2.95. The van der Waals surface area contributed by atoms with Gasteiger partial charge < -0.3 is 15.1 Å². The largest absolute Gasteiger partial charge is 0.354 e. The molecule has 0 unspecified atom stereocenters. The van der Waals surface area contributed by atoms with Gasteiger partial charge in [-0.15, -0.1) is 22.7 Å². The first-order valence-corrected chi connectivity index (χ1v) is 10.6. The Bertz CT molecular complexity index is 883. The molecule has 1 aliphatic heterocycles. The molecular weight excluding hydrogens is 378 g/mol. The van der Waals surface area contributed by atoms with Gasteiger partial charge in [-0.1, -0.05) is 6.07 Å². The first-order chi connectivity index (χ1) is 13.2. The molecule has 3 aromatic heterocycles. The maximum atomic E-state index is 12.3. The molecule has 1 N–H and O–H groups in total. The standard InChI is InChI=1S/C19H21N5OS2/c1-23-6-8-24(9-7-23)17-5-4-14(12-20-17)21-18(25)11-15-13-27-19(22-15)16-3-2-10-26-16/h2-5,10,12-13H,6-9,11H2,1H3,(H,21,25). The van der Waals surface area contributed by atoms with Crippen LogP contribution in [-0.2, 0) is 11.2 Å². The number of hydrogen-bond donors (Lipinski definition) is 1. The van der Waals surface area contributed by atoms with Crippen molar-refractivity contribution in [3.63, 3.8) is 0 Å². The predicted molar refractivity (Wildman–Crippen MR) is 112 cm³/mol. The van der Waals surface area contributed by atoms with Crippen LogP contribution in [0, 0.1) is 0 Å². The third-order valence-electron chi connectivity index (χ3n) is 4.48. The number of nitrogens with one attached hydrogen (secondary N) is 1. The van der Waals surface area contributed by atoms with E-state index in [4.69, 9.17) is 0 Å². The number of hydrogen-bond acceptors (Lipinski definition) is 7. The van der Waals surface area contributed by atoms with Crippen LogP contribution in [0.1, 0.15) is 5.69 Å². The second-order valence-electron chi connectivity index (χ2n) is 6.54. The molecule has 0 aliphatic carbocycles. The van der Waals surface area contributed by atoms with Crippen molar-refractivity contribution in [2.24, 2.45) is 0 Å². The van der Waals surface area contributed by atoms with Crippen molar-refractivity contribution in [2.75, 3.05) is 43.4 Å². The highest BCUT2D eigenvalue weighted by molar-refractivity contribution is 7.20. The van der Waals surface area contributed by atoms with Gasteiger partial charge in [-0.25, -0.2) is 9.97 Å². The van der Waals surface area contributed by atoms with Crippen molar-refractivity contribution in [3.8, 4) is 9.88 Å². The van der Waals surface area contributed by atoms with E-state index < -0.39 is 0 Å². The predicted octanol–water partition coefficient (Wildman–Crippen LogP) is 3.20. The summed E-state index contributed by atoms with van der Waals surface area (Å²) >= 11 is 3.23. The third-order valence-corrected chi connectivity index (χ3v) is 6.41. The fourth-order valence-corrected chi connectivity index (χ4v) is 4.59. The molecule has 0 atom stereocenters. The summed E-state index contributed by atoms with van der Waals surface area (Å²) in [7, 11) is 2.13. The molecule has 4 rings (SSSR count). The lowest BCUT2D eigenvalue weighted by molar-refractivity contribution is -0.115. The Balaban J connectivity index is 1.33. The minimum Gasteiger partial charge on any atom is -0.354 e. The molecule has 8 heteroatoms. The number of rotatable bonds is 5. The fraction of sp³-hybridized carbons (Fsp3) is 0.316. The summed E-state index contributed by atoms with van der Waals surface area (Å²) in [6.45, 7) is 4.04. The lowest BCUT2D eigenvalue weighted by Crippen LogP contribution is -2.44. The molecule has 0 aromatic carbocycles. The maximum Gasteiger partial charge on any atom is 0.230 e. The zero-order valence-electron chi connectivity index (χ0n) is 15.1. The van der Waals surface area contributed by atoms with Crippen LogP contribution in [-0.4, -0.2) is 54.0 Å². The topological polar surface area (TPSA) is 61.4 Å². The zero-order chi connectivity index (χ0) is 18.6. The van der Waals surface area contributed by atoms with E-state index in [-0.39, 0.29) is 12.3 Å². The Labute approximate surface area is 166 Å². The number of thiophene rings is 1. The minimum absolute atomic E-state index is 0.0767. The van der Waals surface area contributed by atoms with Crippen LogP contribution in [0.25, 0.3) is 9.88 Å². The Kier molecular flexibility index (Phi) is 5.47. The molecule has 0 saturated carbocycles. The molecule has 1 saturated heterocycles. The van der Waals surface area contributed by atoms with Gasteiger partial charge in [0.05, 0.1) is 28.9 Å². The molecule has 4 heterocycles. The van der Waals surface area contributed by atoms with Crippen molar-refractivity contribution in [3.05, 3.63) is 46.9 Å². The van der Waals surface area contributed by atoms with Crippen molar-refractivity contribution < 1.29 is 4.79 Å². The smallest absolute Gasteiger partial charge is 0.230 e. The van der Waals surface area contributed by atoms with Gasteiger partial charge >= 0.3 is 0 Å². The molecule has 27 heavy (non-hydrogen) atoms. The highest BCUT2D eigenvalue weighted by atomic mass is 32.1. The minimum atomic E-state index is -0.0767. The van der Waals surface area contributed by atoms with Gasteiger partial charge in [0.15, 0.2) is 0 Å². The van der Waals surface area contributed by atoms with E-state index in [1.807, 2.05) is 35.0 Å². The highest BCUT2D eigenvalue weighted by Gasteiger charge is 2.15. The van der Waals surface area contributed by atoms with Crippen LogP contribution in [0.4, 0.5) is 11.5 Å². The number of anilines is 2. The van der Waals surface area contributed by atoms with Gasteiger partial charge in [-0.2, -0.15) is 0 Å². The molecule has 1 aliphatic rings. The van der Waals surface area contributed by atoms with Crippen molar-refractivity contribution in [1.82, 2.24) is 14.9 Å². The number of likely N-dealkylation sites (N-methyl/N-ethyl adjacent to an activating group) is 1. The summed E-state index contributed by atoms with van der Waals surface area (Å²) in [4.78, 5) is 27.1. The van der Waals surface area contributed by atoms with E-state index >= 15 is 0 Å². The van der Waals surface area contributed by atoms with Gasteiger partial charge in [0.25, 0.3) is 0 Å². The Hall–Kier alpha value is -2.29. The van der Waals surface area contributed by atoms with Crippen LogP contribution in [0.2, 0.25) is 0 Å². The number of pyridine rings is 1. The average molecular weight is 400 g/mol. The van der Waals surface area contributed by atoms with Gasteiger partial charge in [-0.3, -0.25) is 4.79 Å². The Morgan fingerprint density at radius 2 is 2.04 bits per heavy atom. The van der Waals surface area contributed by atoms with Gasteiger partial charge in [0, 0.05) is 31.6 Å². The summed E-state index contributed by atoms with van der Waals surface area (Å²) in [5.74, 6) is 0.883. The second-order valence-corrected chi connectivity index (χ2v) is 8.35. The van der Waals surface area contributed by atoms with Crippen molar-refractivity contribution in [1.29, 1.82) is 0 Å². The highest BCUT2D eigenvalue weighted by Crippen LogP contribution is 2.28. The lowest BCUT2D eigenvalue weighted by Gasteiger charge is -2.33. The van der Waals surface area contributed by atoms with Gasteiger partial charge in [0.2, 0.25) is 5.91 Å². The maximum absolute atomic E-state index is 12.3. The van der Waals surface area contributed by atoms with Gasteiger partial charge in [0.1, 0.15) is 10.8 Å². The molecule has 1 amide bonds. The number of carbonyl (C=O) groups excluding carboxylic acids is 1. The zero-order valence-corrected chi connectivity index (χ0v) is 16.7. The first kappa shape index (κ1) is 18.1. The quantitative estimate of drug-likeness (QED) is 0.714. The first-order valence-electron chi connectivity index (χ1n) is 8.85. The molecule has 6 nitrogen and oxygen atoms in total. The summed E-state index contributed by atoms with van der Waals surface area (Å²) in [6.07, 6.45) is 1.99. The number of aromatic nitrogens is 2. The molecule has 0 spiro atoms. The Morgan fingerprint density at radius 3 is 2.74 bits per heavy atom. The molecule has 1 fully saturated rings. The van der Waals surface area contributed by atoms with Gasteiger partial charge in [-0.05, 0) is 30.6 Å². The van der Waals surface area contributed by atoms with E-state index in [0.717, 1.165) is 47.6 Å². The summed E-state index contributed by atoms with van der Waals surface area (Å²) in [5.41, 5.74) is 1.51. The van der Waals surface area contributed by atoms with Crippen LogP contribution < -0.4 is 10.2 Å². The molecule has 3 aromatic rings. The average Bonchev–Trinajstić information content (AvgIpc) is 3.35. The normalized spacial score (nSPS) is 15.1. The SMILES string of the molecule is CN1CCN(c2ccc(NC(=O)Cc3csc(-c4cccs4)n3)cn2)CC1. The number of nitrogens with zero attached hydrogens (tertiary/aromatic N) is 4. The molecule has 140 valence electrons. The van der Waals surface area contributed by atoms with E-state index in [0.29, 0.717) is 5.69 Å². The lowest BCUT2D eigenvalue weighted by atomic mass is 10.3. The number of carbonyl (C=O) groups is 1. The monoisotopic (exact) mass is 399 g/mol. The third kappa shape index (κ3) is 4.52. The van der Waals surface area contributed by atoms with Crippen LogP contribution in [0.5, 0.6) is 0 Å². The second kappa shape index (κ2) is 8.16. The number of amides is 1. The van der Waals surface area contributed by atoms with Crippen LogP contribution >= 0.6 is 22.7 Å². The number of thiazole rings is 1. The number of piperazine rings is 1. The summed E-state index contributed by atoms with van der Waals surface area (Å²) < 4.78 is 0. The van der Waals surface area contributed by atoms with E-state index in [9.17, 15) is 4.79 Å². The van der Waals surface area contributed by atoms with E-state index in [2.05, 4.69) is 32.1 Å². The van der Waals surface area contributed by atoms with Crippen LogP contribution in [0.15, 0.2) is 41.2 Å². The van der Waals surface area contributed by atoms with E-state index in [1.54, 1.807) is 28.9 Å². The summed E-state index contributed by atoms with van der Waals surface area (Å²) in [6, 6.07) is 7.93. The van der Waals surface area contributed by atoms with Crippen molar-refractivity contribution >= 4 is 40.1 Å². The molecular formula is C19H21N5OS2. The summed E-state index contributed by atoms with van der Waals surface area (Å²) in [5, 5.41) is 7.85. The molecule has 0 radical (unpaired) electrons.